The summed E-state index contributed by atoms with van der Waals surface area (Å²) in [6.07, 6.45) is 3.68. The van der Waals surface area contributed by atoms with Crippen molar-refractivity contribution in [3.05, 3.63) is 95.3 Å². The largest absolute Gasteiger partial charge is 0.333 e. The van der Waals surface area contributed by atoms with Crippen LogP contribution in [0.25, 0.3) is 0 Å². The summed E-state index contributed by atoms with van der Waals surface area (Å²) in [5, 5.41) is 3.29. The van der Waals surface area contributed by atoms with Crippen LogP contribution in [0.2, 0.25) is 0 Å². The van der Waals surface area contributed by atoms with E-state index in [9.17, 15) is 9.18 Å². The fraction of sp³-hybridized carbons (Fsp3) is 0.296. The van der Waals surface area contributed by atoms with E-state index in [1.165, 1.54) is 23.3 Å². The summed E-state index contributed by atoms with van der Waals surface area (Å²) in [5.74, 6) is -0.200. The normalized spacial score (nSPS) is 18.0. The van der Waals surface area contributed by atoms with E-state index in [1.54, 1.807) is 0 Å². The van der Waals surface area contributed by atoms with Gasteiger partial charge in [-0.15, -0.1) is 0 Å². The summed E-state index contributed by atoms with van der Waals surface area (Å²) in [6, 6.07) is 23.2. The summed E-state index contributed by atoms with van der Waals surface area (Å²) < 4.78 is 13.1. The first-order valence-corrected chi connectivity index (χ1v) is 11.4. The summed E-state index contributed by atoms with van der Waals surface area (Å²) >= 11 is 0. The molecule has 0 bridgehead atoms. The number of aryl methyl sites for hydroxylation is 2. The Morgan fingerprint density at radius 1 is 0.906 bits per heavy atom. The zero-order chi connectivity index (χ0) is 21.9. The molecule has 1 N–H and O–H groups in total. The third-order valence-corrected chi connectivity index (χ3v) is 6.56. The molecule has 1 atom stereocenters. The molecule has 32 heavy (non-hydrogen) atoms. The van der Waals surface area contributed by atoms with Gasteiger partial charge in [0, 0.05) is 25.7 Å². The zero-order valence-electron chi connectivity index (χ0n) is 18.1. The van der Waals surface area contributed by atoms with Crippen LogP contribution in [0.3, 0.4) is 0 Å². The van der Waals surface area contributed by atoms with Crippen LogP contribution in [0.4, 0.5) is 20.6 Å². The van der Waals surface area contributed by atoms with Crippen molar-refractivity contribution < 1.29 is 9.18 Å². The lowest BCUT2D eigenvalue weighted by Crippen LogP contribution is -2.44. The van der Waals surface area contributed by atoms with Gasteiger partial charge in [0.25, 0.3) is 0 Å². The SMILES string of the molecule is O=C(N[C@H]1CCN(CCc2ccc(F)cc2)C1)N1c2ccccc2CCc2ccccc21. The minimum Gasteiger partial charge on any atom is -0.333 e. The van der Waals surface area contributed by atoms with Gasteiger partial charge in [-0.1, -0.05) is 48.5 Å². The molecule has 0 aromatic heterocycles. The predicted molar refractivity (Wildman–Crippen MR) is 126 cm³/mol. The molecule has 164 valence electrons. The van der Waals surface area contributed by atoms with Gasteiger partial charge in [0.1, 0.15) is 5.82 Å². The molecular weight excluding hydrogens is 401 g/mol. The lowest BCUT2D eigenvalue weighted by atomic mass is 10.0. The van der Waals surface area contributed by atoms with Crippen molar-refractivity contribution in [2.45, 2.75) is 31.7 Å². The Labute approximate surface area is 188 Å². The number of benzene rings is 3. The Bertz CT molecular complexity index is 1050. The van der Waals surface area contributed by atoms with Gasteiger partial charge in [0.05, 0.1) is 11.4 Å². The Morgan fingerprint density at radius 2 is 1.53 bits per heavy atom. The van der Waals surface area contributed by atoms with Gasteiger partial charge in [-0.2, -0.15) is 0 Å². The van der Waals surface area contributed by atoms with Crippen molar-refractivity contribution in [3.63, 3.8) is 0 Å². The van der Waals surface area contributed by atoms with E-state index in [2.05, 4.69) is 22.3 Å². The average molecular weight is 430 g/mol. The number of urea groups is 1. The Hall–Kier alpha value is -3.18. The molecular formula is C27H28FN3O. The summed E-state index contributed by atoms with van der Waals surface area (Å²) in [6.45, 7) is 2.71. The van der Waals surface area contributed by atoms with Gasteiger partial charge < -0.3 is 10.2 Å². The molecule has 5 heteroatoms. The molecule has 3 aromatic rings. The van der Waals surface area contributed by atoms with Crippen molar-refractivity contribution >= 4 is 17.4 Å². The van der Waals surface area contributed by atoms with E-state index in [1.807, 2.05) is 53.4 Å². The van der Waals surface area contributed by atoms with E-state index < -0.39 is 0 Å². The maximum absolute atomic E-state index is 13.5. The number of nitrogens with one attached hydrogen (secondary N) is 1. The van der Waals surface area contributed by atoms with E-state index in [0.717, 1.165) is 62.3 Å². The maximum atomic E-state index is 13.5. The number of carbonyl (C=O) groups is 1. The Balaban J connectivity index is 1.27. The standard InChI is InChI=1S/C27H28FN3O/c28-23-13-9-20(10-14-23)15-17-30-18-16-24(19-30)29-27(32)31-25-7-3-1-5-21(25)11-12-22-6-2-4-8-26(22)31/h1-10,13-14,24H,11-12,15-19H2,(H,29,32)/t24-/m0/s1. The van der Waals surface area contributed by atoms with Gasteiger partial charge in [0.15, 0.2) is 0 Å². The van der Waals surface area contributed by atoms with Gasteiger partial charge in [0.2, 0.25) is 0 Å². The molecule has 2 amide bonds. The number of nitrogens with zero attached hydrogens (tertiary/aromatic N) is 2. The highest BCUT2D eigenvalue weighted by atomic mass is 19.1. The molecule has 0 saturated carbocycles. The molecule has 0 spiro atoms. The number of fused-ring (bicyclic) bond motifs is 2. The van der Waals surface area contributed by atoms with E-state index >= 15 is 0 Å². The third kappa shape index (κ3) is 4.39. The van der Waals surface area contributed by atoms with Gasteiger partial charge in [-0.25, -0.2) is 9.18 Å². The molecule has 5 rings (SSSR count). The minimum absolute atomic E-state index is 0.0582. The number of amides is 2. The lowest BCUT2D eigenvalue weighted by molar-refractivity contribution is 0.244. The maximum Gasteiger partial charge on any atom is 0.326 e. The van der Waals surface area contributed by atoms with Gasteiger partial charge in [-0.05, 0) is 66.6 Å². The van der Waals surface area contributed by atoms with Crippen LogP contribution >= 0.6 is 0 Å². The highest BCUT2D eigenvalue weighted by molar-refractivity contribution is 6.01. The fourth-order valence-electron chi connectivity index (χ4n) is 4.83. The zero-order valence-corrected chi connectivity index (χ0v) is 18.1. The molecule has 2 aliphatic heterocycles. The Morgan fingerprint density at radius 3 is 2.19 bits per heavy atom. The third-order valence-electron chi connectivity index (χ3n) is 6.56. The molecule has 4 nitrogen and oxygen atoms in total. The number of likely N-dealkylation sites (tertiary alicyclic amines) is 1. The summed E-state index contributed by atoms with van der Waals surface area (Å²) in [5.41, 5.74) is 5.48. The minimum atomic E-state index is -0.200. The number of rotatable bonds is 4. The van der Waals surface area contributed by atoms with E-state index in [-0.39, 0.29) is 17.9 Å². The summed E-state index contributed by atoms with van der Waals surface area (Å²) in [4.78, 5) is 17.7. The van der Waals surface area contributed by atoms with Gasteiger partial charge >= 0.3 is 6.03 Å². The first kappa shape index (κ1) is 20.7. The van der Waals surface area contributed by atoms with Crippen molar-refractivity contribution in [3.8, 4) is 0 Å². The molecule has 0 aliphatic carbocycles. The lowest BCUT2D eigenvalue weighted by Gasteiger charge is -2.27. The molecule has 3 aromatic carbocycles. The van der Waals surface area contributed by atoms with Crippen LogP contribution < -0.4 is 10.2 Å². The van der Waals surface area contributed by atoms with Crippen molar-refractivity contribution in [2.75, 3.05) is 24.5 Å². The highest BCUT2D eigenvalue weighted by Gasteiger charge is 2.29. The van der Waals surface area contributed by atoms with Crippen molar-refractivity contribution in [1.82, 2.24) is 10.2 Å². The number of hydrogen-bond acceptors (Lipinski definition) is 2. The van der Waals surface area contributed by atoms with E-state index in [0.29, 0.717) is 0 Å². The average Bonchev–Trinajstić information content (AvgIpc) is 3.18. The van der Waals surface area contributed by atoms with Crippen LogP contribution in [-0.4, -0.2) is 36.6 Å². The second-order valence-corrected chi connectivity index (χ2v) is 8.70. The second-order valence-electron chi connectivity index (χ2n) is 8.70. The highest BCUT2D eigenvalue weighted by Crippen LogP contribution is 2.36. The second kappa shape index (κ2) is 9.13. The molecule has 1 fully saturated rings. The predicted octanol–water partition coefficient (Wildman–Crippen LogP) is 5.09. The molecule has 1 saturated heterocycles. The van der Waals surface area contributed by atoms with Gasteiger partial charge in [-0.3, -0.25) is 4.90 Å². The Kier molecular flexibility index (Phi) is 5.91. The van der Waals surface area contributed by atoms with Crippen molar-refractivity contribution in [1.29, 1.82) is 0 Å². The van der Waals surface area contributed by atoms with Crippen molar-refractivity contribution in [2.24, 2.45) is 0 Å². The van der Waals surface area contributed by atoms with Crippen LogP contribution in [0.15, 0.2) is 72.8 Å². The fourth-order valence-corrected chi connectivity index (χ4v) is 4.83. The van der Waals surface area contributed by atoms with Crippen LogP contribution in [0, 0.1) is 5.82 Å². The molecule has 0 unspecified atom stereocenters. The number of para-hydroxylation sites is 2. The smallest absolute Gasteiger partial charge is 0.326 e. The first-order valence-electron chi connectivity index (χ1n) is 11.4. The van der Waals surface area contributed by atoms with Crippen LogP contribution in [0.5, 0.6) is 0 Å². The quantitative estimate of drug-likeness (QED) is 0.627. The molecule has 2 heterocycles. The number of anilines is 2. The number of carbonyl (C=O) groups excluding carboxylic acids is 1. The first-order chi connectivity index (χ1) is 15.7. The number of hydrogen-bond donors (Lipinski definition) is 1. The van der Waals surface area contributed by atoms with Crippen LogP contribution in [0.1, 0.15) is 23.1 Å². The summed E-state index contributed by atoms with van der Waals surface area (Å²) in [7, 11) is 0. The number of halogens is 1. The van der Waals surface area contributed by atoms with E-state index in [4.69, 9.17) is 0 Å². The topological polar surface area (TPSA) is 35.6 Å². The molecule has 0 radical (unpaired) electrons. The van der Waals surface area contributed by atoms with Crippen LogP contribution in [-0.2, 0) is 19.3 Å². The molecule has 2 aliphatic rings. The monoisotopic (exact) mass is 429 g/mol.